The van der Waals surface area contributed by atoms with Crippen molar-refractivity contribution in [3.05, 3.63) is 29.3 Å². The molecule has 0 unspecified atom stereocenters. The Kier molecular flexibility index (Phi) is 7.88. The smallest absolute Gasteiger partial charge is 0.257 e. The number of amides is 2. The van der Waals surface area contributed by atoms with Crippen molar-refractivity contribution in [2.45, 2.75) is 50.4 Å². The van der Waals surface area contributed by atoms with E-state index in [9.17, 15) is 14.9 Å². The molecule has 0 N–H and O–H groups in total. The van der Waals surface area contributed by atoms with Crippen LogP contribution in [0.4, 0.5) is 0 Å². The van der Waals surface area contributed by atoms with Crippen LogP contribution in [-0.4, -0.2) is 80.8 Å². The molecule has 0 radical (unpaired) electrons. The van der Waals surface area contributed by atoms with Gasteiger partial charge in [-0.25, -0.2) is 0 Å². The van der Waals surface area contributed by atoms with E-state index in [1.807, 2.05) is 0 Å². The molecular formula is C23H31N3O5. The number of methoxy groups -OCH3 is 1. The van der Waals surface area contributed by atoms with E-state index < -0.39 is 0 Å². The molecule has 2 amide bonds. The predicted molar refractivity (Wildman–Crippen MR) is 114 cm³/mol. The number of nitrogens with zero attached hydrogens (tertiary/aromatic N) is 3. The van der Waals surface area contributed by atoms with E-state index >= 15 is 0 Å². The molecule has 168 valence electrons. The average molecular weight is 430 g/mol. The highest BCUT2D eigenvalue weighted by atomic mass is 16.6. The maximum Gasteiger partial charge on any atom is 0.257 e. The number of carbonyl (C=O) groups excluding carboxylic acids is 2. The van der Waals surface area contributed by atoms with E-state index in [-0.39, 0.29) is 42.5 Å². The van der Waals surface area contributed by atoms with E-state index in [4.69, 9.17) is 14.2 Å². The number of benzene rings is 1. The van der Waals surface area contributed by atoms with Gasteiger partial charge in [-0.15, -0.1) is 0 Å². The Morgan fingerprint density at radius 1 is 1.13 bits per heavy atom. The summed E-state index contributed by atoms with van der Waals surface area (Å²) in [7, 11) is 5.15. The highest BCUT2D eigenvalue weighted by Crippen LogP contribution is 2.29. The molecule has 3 rings (SSSR count). The molecule has 1 fully saturated rings. The van der Waals surface area contributed by atoms with Crippen LogP contribution < -0.4 is 4.74 Å². The first-order chi connectivity index (χ1) is 14.9. The van der Waals surface area contributed by atoms with Crippen LogP contribution in [0.15, 0.2) is 18.2 Å². The summed E-state index contributed by atoms with van der Waals surface area (Å²) in [4.78, 5) is 28.8. The van der Waals surface area contributed by atoms with Crippen LogP contribution >= 0.6 is 0 Å². The van der Waals surface area contributed by atoms with Crippen molar-refractivity contribution in [3.8, 4) is 11.8 Å². The Balaban J connectivity index is 1.90. The van der Waals surface area contributed by atoms with Crippen LogP contribution in [-0.2, 0) is 14.3 Å². The Morgan fingerprint density at radius 2 is 1.94 bits per heavy atom. The number of hydrogen-bond donors (Lipinski definition) is 0. The molecule has 0 saturated carbocycles. The van der Waals surface area contributed by atoms with E-state index in [2.05, 4.69) is 6.07 Å². The summed E-state index contributed by atoms with van der Waals surface area (Å²) in [5.74, 6) is 0.0848. The summed E-state index contributed by atoms with van der Waals surface area (Å²) >= 11 is 0. The van der Waals surface area contributed by atoms with Gasteiger partial charge in [0.05, 0.1) is 23.3 Å². The van der Waals surface area contributed by atoms with Crippen molar-refractivity contribution >= 4 is 11.8 Å². The lowest BCUT2D eigenvalue weighted by Crippen LogP contribution is -2.44. The maximum absolute atomic E-state index is 13.1. The second-order valence-corrected chi connectivity index (χ2v) is 8.19. The Hall–Kier alpha value is -2.63. The topological polar surface area (TPSA) is 92.1 Å². The first kappa shape index (κ1) is 23.0. The van der Waals surface area contributed by atoms with Gasteiger partial charge >= 0.3 is 0 Å². The highest BCUT2D eigenvalue weighted by Gasteiger charge is 2.33. The number of rotatable bonds is 1. The Morgan fingerprint density at radius 3 is 2.68 bits per heavy atom. The summed E-state index contributed by atoms with van der Waals surface area (Å²) in [5, 5.41) is 9.56. The van der Waals surface area contributed by atoms with E-state index in [1.54, 1.807) is 49.2 Å². The lowest BCUT2D eigenvalue weighted by atomic mass is 9.99. The molecule has 31 heavy (non-hydrogen) atoms. The molecule has 2 bridgehead atoms. The minimum absolute atomic E-state index is 0.00148. The van der Waals surface area contributed by atoms with Gasteiger partial charge in [0.15, 0.2) is 0 Å². The molecule has 1 aromatic rings. The van der Waals surface area contributed by atoms with Crippen LogP contribution in [0.3, 0.4) is 0 Å². The third-order valence-corrected chi connectivity index (χ3v) is 6.06. The zero-order valence-electron chi connectivity index (χ0n) is 18.5. The van der Waals surface area contributed by atoms with Crippen LogP contribution in [0.1, 0.15) is 48.0 Å². The predicted octanol–water partition coefficient (Wildman–Crippen LogP) is 2.21. The van der Waals surface area contributed by atoms with Crippen LogP contribution in [0, 0.1) is 11.3 Å². The molecule has 0 spiro atoms. The second kappa shape index (κ2) is 10.6. The lowest BCUT2D eigenvalue weighted by Gasteiger charge is -2.36. The van der Waals surface area contributed by atoms with Crippen molar-refractivity contribution in [3.63, 3.8) is 0 Å². The van der Waals surface area contributed by atoms with Crippen molar-refractivity contribution < 1.29 is 23.8 Å². The summed E-state index contributed by atoms with van der Waals surface area (Å²) in [6.45, 7) is 1.23. The molecule has 0 aromatic heterocycles. The molecule has 0 aliphatic carbocycles. The van der Waals surface area contributed by atoms with Gasteiger partial charge in [-0.05, 0) is 37.8 Å². The lowest BCUT2D eigenvalue weighted by molar-refractivity contribution is -0.145. The standard InChI is InChI=1S/C23H31N3O5/c1-25-13-11-17-9-10-19(29-3)20(31-17)15-30-22-16(14-24)6-4-7-18(22)23(28)26(2)12-5-8-21(25)27/h4,6-7,17,19-20H,5,8-13,15H2,1-3H3/t17-,19+,20-/m0/s1. The fourth-order valence-electron chi connectivity index (χ4n) is 4.11. The van der Waals surface area contributed by atoms with E-state index in [0.29, 0.717) is 37.1 Å². The Labute approximate surface area is 183 Å². The molecule has 1 aromatic carbocycles. The van der Waals surface area contributed by atoms with E-state index in [0.717, 1.165) is 19.3 Å². The molecule has 1 saturated heterocycles. The normalized spacial score (nSPS) is 26.1. The number of carbonyl (C=O) groups is 2. The number of hydrogen-bond acceptors (Lipinski definition) is 6. The van der Waals surface area contributed by atoms with Crippen LogP contribution in [0.5, 0.6) is 5.75 Å². The van der Waals surface area contributed by atoms with Gasteiger partial charge in [0.2, 0.25) is 5.91 Å². The fraction of sp³-hybridized carbons (Fsp3) is 0.609. The summed E-state index contributed by atoms with van der Waals surface area (Å²) < 4.78 is 17.9. The quantitative estimate of drug-likeness (QED) is 0.680. The van der Waals surface area contributed by atoms with Crippen molar-refractivity contribution in [1.29, 1.82) is 5.26 Å². The van der Waals surface area contributed by atoms with Gasteiger partial charge in [-0.3, -0.25) is 9.59 Å². The molecular weight excluding hydrogens is 398 g/mol. The largest absolute Gasteiger partial charge is 0.489 e. The number of fused-ring (bicyclic) bond motifs is 3. The van der Waals surface area contributed by atoms with Crippen molar-refractivity contribution in [2.75, 3.05) is 40.9 Å². The highest BCUT2D eigenvalue weighted by molar-refractivity contribution is 5.97. The van der Waals surface area contributed by atoms with Crippen LogP contribution in [0.2, 0.25) is 0 Å². The molecule has 8 nitrogen and oxygen atoms in total. The number of ether oxygens (including phenoxy) is 3. The van der Waals surface area contributed by atoms with Crippen molar-refractivity contribution in [2.24, 2.45) is 0 Å². The molecule has 2 heterocycles. The molecule has 8 heteroatoms. The molecule has 2 aliphatic rings. The maximum atomic E-state index is 13.1. The third-order valence-electron chi connectivity index (χ3n) is 6.06. The first-order valence-corrected chi connectivity index (χ1v) is 10.8. The SMILES string of the molecule is CO[C@@H]1CC[C@H]2CCN(C)C(=O)CCCN(C)C(=O)c3cccc(C#N)c3OC[C@@H]1O2. The summed E-state index contributed by atoms with van der Waals surface area (Å²) in [6, 6.07) is 7.09. The number of para-hydroxylation sites is 1. The summed E-state index contributed by atoms with van der Waals surface area (Å²) in [5.41, 5.74) is 0.636. The summed E-state index contributed by atoms with van der Waals surface area (Å²) in [6.07, 6.45) is 2.89. The Bertz CT molecular complexity index is 837. The zero-order chi connectivity index (χ0) is 22.4. The fourth-order valence-corrected chi connectivity index (χ4v) is 4.11. The number of nitriles is 1. The second-order valence-electron chi connectivity index (χ2n) is 8.19. The third kappa shape index (κ3) is 5.54. The monoisotopic (exact) mass is 429 g/mol. The van der Waals surface area contributed by atoms with Gasteiger partial charge in [0, 0.05) is 40.7 Å². The first-order valence-electron chi connectivity index (χ1n) is 10.8. The molecule has 3 atom stereocenters. The zero-order valence-corrected chi connectivity index (χ0v) is 18.5. The average Bonchev–Trinajstić information content (AvgIpc) is 2.79. The van der Waals surface area contributed by atoms with Crippen LogP contribution in [0.25, 0.3) is 0 Å². The van der Waals surface area contributed by atoms with Gasteiger partial charge in [-0.2, -0.15) is 5.26 Å². The molecule has 2 aliphatic heterocycles. The van der Waals surface area contributed by atoms with Gasteiger partial charge < -0.3 is 24.0 Å². The van der Waals surface area contributed by atoms with E-state index in [1.165, 1.54) is 0 Å². The van der Waals surface area contributed by atoms with Gasteiger partial charge in [0.1, 0.15) is 24.5 Å². The minimum Gasteiger partial charge on any atom is -0.489 e. The van der Waals surface area contributed by atoms with Crippen molar-refractivity contribution in [1.82, 2.24) is 9.80 Å². The minimum atomic E-state index is -0.329. The van der Waals surface area contributed by atoms with Gasteiger partial charge in [0.25, 0.3) is 5.91 Å². The van der Waals surface area contributed by atoms with Gasteiger partial charge in [-0.1, -0.05) is 6.07 Å².